The lowest BCUT2D eigenvalue weighted by molar-refractivity contribution is 0.0932. The first kappa shape index (κ1) is 24.5. The van der Waals surface area contributed by atoms with Crippen LogP contribution >= 0.6 is 0 Å². The Morgan fingerprint density at radius 2 is 1.83 bits per heavy atom. The van der Waals surface area contributed by atoms with E-state index in [4.69, 9.17) is 9.72 Å². The second kappa shape index (κ2) is 11.2. The molecule has 4 rings (SSSR count). The molecule has 0 aliphatic carbocycles. The Morgan fingerprint density at radius 1 is 1.03 bits per heavy atom. The van der Waals surface area contributed by atoms with Gasteiger partial charge in [-0.2, -0.15) is 0 Å². The fraction of sp³-hybridized carbons (Fsp3) is 0.345. The van der Waals surface area contributed by atoms with E-state index in [1.807, 2.05) is 31.2 Å². The maximum Gasteiger partial charge on any atom is 0.270 e. The monoisotopic (exact) mass is 470 g/mol. The smallest absolute Gasteiger partial charge is 0.270 e. The second-order valence-electron chi connectivity index (χ2n) is 9.27. The fourth-order valence-electron chi connectivity index (χ4n) is 4.29. The summed E-state index contributed by atoms with van der Waals surface area (Å²) in [4.78, 5) is 21.7. The molecule has 0 aliphatic heterocycles. The number of aryl methyl sites for hydroxylation is 2. The molecular weight excluding hydrogens is 436 g/mol. The molecule has 1 unspecified atom stereocenters. The summed E-state index contributed by atoms with van der Waals surface area (Å²) in [5, 5.41) is 3.05. The molecule has 4 aromatic rings. The molecular formula is C29H34N4O2. The first-order valence-electron chi connectivity index (χ1n) is 12.3. The summed E-state index contributed by atoms with van der Waals surface area (Å²) in [5.41, 5.74) is 4.86. The molecule has 35 heavy (non-hydrogen) atoms. The van der Waals surface area contributed by atoms with E-state index in [0.717, 1.165) is 42.0 Å². The molecule has 0 saturated carbocycles. The molecule has 1 N–H and O–H groups in total. The van der Waals surface area contributed by atoms with Crippen molar-refractivity contribution in [3.05, 3.63) is 89.5 Å². The van der Waals surface area contributed by atoms with Gasteiger partial charge in [0.2, 0.25) is 0 Å². The zero-order valence-corrected chi connectivity index (χ0v) is 21.0. The molecule has 6 nitrogen and oxygen atoms in total. The van der Waals surface area contributed by atoms with Crippen LogP contribution in [0.4, 0.5) is 0 Å². The highest BCUT2D eigenvalue weighted by Gasteiger charge is 2.19. The zero-order chi connectivity index (χ0) is 24.8. The summed E-state index contributed by atoms with van der Waals surface area (Å²) in [6, 6.07) is 19.6. The number of carbonyl (C=O) groups is 1. The minimum atomic E-state index is -0.256. The summed E-state index contributed by atoms with van der Waals surface area (Å²) in [6.45, 7) is 9.91. The number of hydrogen-bond donors (Lipinski definition) is 1. The third kappa shape index (κ3) is 5.88. The Morgan fingerprint density at radius 3 is 2.60 bits per heavy atom. The number of imidazole rings is 1. The van der Waals surface area contributed by atoms with Gasteiger partial charge in [-0.1, -0.05) is 44.2 Å². The molecule has 0 bridgehead atoms. The summed E-state index contributed by atoms with van der Waals surface area (Å²) >= 11 is 0. The van der Waals surface area contributed by atoms with Crippen LogP contribution in [-0.2, 0) is 6.54 Å². The average Bonchev–Trinajstić information content (AvgIpc) is 3.23. The number of rotatable bonds is 10. The van der Waals surface area contributed by atoms with Crippen molar-refractivity contribution >= 4 is 16.9 Å². The van der Waals surface area contributed by atoms with E-state index >= 15 is 0 Å². The number of nitrogens with zero attached hydrogens (tertiary/aromatic N) is 3. The van der Waals surface area contributed by atoms with Gasteiger partial charge in [0.05, 0.1) is 23.7 Å². The number of fused-ring (bicyclic) bond motifs is 1. The maximum absolute atomic E-state index is 12.7. The van der Waals surface area contributed by atoms with Gasteiger partial charge in [-0.25, -0.2) is 4.98 Å². The molecule has 1 amide bonds. The van der Waals surface area contributed by atoms with Crippen molar-refractivity contribution in [1.29, 1.82) is 0 Å². The molecule has 2 aromatic heterocycles. The van der Waals surface area contributed by atoms with E-state index in [9.17, 15) is 4.79 Å². The molecule has 2 heterocycles. The van der Waals surface area contributed by atoms with Crippen LogP contribution in [0.25, 0.3) is 11.0 Å². The minimum absolute atomic E-state index is 0.204. The number of para-hydroxylation sites is 2. The lowest BCUT2D eigenvalue weighted by Crippen LogP contribution is -2.29. The van der Waals surface area contributed by atoms with Gasteiger partial charge in [0.25, 0.3) is 5.91 Å². The topological polar surface area (TPSA) is 69.0 Å². The van der Waals surface area contributed by atoms with Crippen LogP contribution in [0.3, 0.4) is 0 Å². The van der Waals surface area contributed by atoms with Crippen LogP contribution in [0.15, 0.2) is 66.9 Å². The van der Waals surface area contributed by atoms with Gasteiger partial charge in [-0.3, -0.25) is 9.78 Å². The zero-order valence-electron chi connectivity index (χ0n) is 21.0. The summed E-state index contributed by atoms with van der Waals surface area (Å²) in [6.07, 6.45) is 3.49. The van der Waals surface area contributed by atoms with E-state index in [1.54, 1.807) is 18.3 Å². The lowest BCUT2D eigenvalue weighted by Gasteiger charge is -2.17. The summed E-state index contributed by atoms with van der Waals surface area (Å²) in [7, 11) is 0. The molecule has 0 radical (unpaired) electrons. The number of benzene rings is 2. The van der Waals surface area contributed by atoms with E-state index in [-0.39, 0.29) is 11.9 Å². The van der Waals surface area contributed by atoms with Crippen molar-refractivity contribution in [2.75, 3.05) is 6.61 Å². The molecule has 1 atom stereocenters. The van der Waals surface area contributed by atoms with Gasteiger partial charge in [-0.15, -0.1) is 0 Å². The van der Waals surface area contributed by atoms with Crippen molar-refractivity contribution in [2.45, 2.75) is 59.0 Å². The van der Waals surface area contributed by atoms with Crippen molar-refractivity contribution < 1.29 is 9.53 Å². The Hall–Kier alpha value is -3.67. The van der Waals surface area contributed by atoms with Crippen LogP contribution in [-0.4, -0.2) is 27.0 Å². The largest absolute Gasteiger partial charge is 0.493 e. The number of carbonyl (C=O) groups excluding carboxylic acids is 1. The van der Waals surface area contributed by atoms with Crippen molar-refractivity contribution in [3.8, 4) is 5.75 Å². The third-order valence-electron chi connectivity index (χ3n) is 6.14. The highest BCUT2D eigenvalue weighted by atomic mass is 16.5. The molecule has 2 aromatic carbocycles. The van der Waals surface area contributed by atoms with E-state index in [1.165, 1.54) is 11.1 Å². The standard InChI is InChI=1S/C29H34N4O2/c1-20(2)23-15-14-21(3)19-27(23)35-18-10-9-17-33-26-13-6-5-11-24(26)32-28(33)22(4)31-29(34)25-12-7-8-16-30-25/h5-8,11-16,19-20,22H,9-10,17-18H2,1-4H3,(H,31,34). The molecule has 182 valence electrons. The summed E-state index contributed by atoms with van der Waals surface area (Å²) < 4.78 is 8.39. The fourth-order valence-corrected chi connectivity index (χ4v) is 4.29. The van der Waals surface area contributed by atoms with E-state index < -0.39 is 0 Å². The van der Waals surface area contributed by atoms with Crippen LogP contribution in [0.1, 0.15) is 73.0 Å². The van der Waals surface area contributed by atoms with Gasteiger partial charge in [0.1, 0.15) is 17.3 Å². The van der Waals surface area contributed by atoms with E-state index in [0.29, 0.717) is 18.2 Å². The molecule has 0 fully saturated rings. The van der Waals surface area contributed by atoms with Gasteiger partial charge >= 0.3 is 0 Å². The molecule has 6 heteroatoms. The highest BCUT2D eigenvalue weighted by molar-refractivity contribution is 5.92. The van der Waals surface area contributed by atoms with Crippen LogP contribution in [0.5, 0.6) is 5.75 Å². The van der Waals surface area contributed by atoms with Gasteiger partial charge in [0.15, 0.2) is 0 Å². The van der Waals surface area contributed by atoms with Crippen LogP contribution in [0, 0.1) is 6.92 Å². The van der Waals surface area contributed by atoms with Crippen molar-refractivity contribution in [2.24, 2.45) is 0 Å². The Bertz CT molecular complexity index is 1280. The number of pyridine rings is 1. The SMILES string of the molecule is Cc1ccc(C(C)C)c(OCCCCn2c(C(C)NC(=O)c3ccccn3)nc3ccccc32)c1. The van der Waals surface area contributed by atoms with Crippen LogP contribution in [0.2, 0.25) is 0 Å². The number of amides is 1. The Labute approximate surface area is 207 Å². The van der Waals surface area contributed by atoms with Gasteiger partial charge < -0.3 is 14.6 Å². The van der Waals surface area contributed by atoms with E-state index in [2.05, 4.69) is 59.9 Å². The lowest BCUT2D eigenvalue weighted by atomic mass is 10.0. The Balaban J connectivity index is 1.42. The second-order valence-corrected chi connectivity index (χ2v) is 9.27. The normalized spacial score (nSPS) is 12.1. The first-order valence-corrected chi connectivity index (χ1v) is 12.3. The number of ether oxygens (including phenoxy) is 1. The maximum atomic E-state index is 12.7. The predicted octanol–water partition coefficient (Wildman–Crippen LogP) is 6.21. The minimum Gasteiger partial charge on any atom is -0.493 e. The number of aromatic nitrogens is 3. The highest BCUT2D eigenvalue weighted by Crippen LogP contribution is 2.28. The quantitative estimate of drug-likeness (QED) is 0.280. The first-order chi connectivity index (χ1) is 16.9. The third-order valence-corrected chi connectivity index (χ3v) is 6.14. The number of hydrogen-bond acceptors (Lipinski definition) is 4. The van der Waals surface area contributed by atoms with Crippen molar-refractivity contribution in [3.63, 3.8) is 0 Å². The average molecular weight is 471 g/mol. The Kier molecular flexibility index (Phi) is 7.80. The summed E-state index contributed by atoms with van der Waals surface area (Å²) in [5.74, 6) is 2.05. The molecule has 0 spiro atoms. The molecule has 0 saturated heterocycles. The number of nitrogens with one attached hydrogen (secondary N) is 1. The predicted molar refractivity (Wildman–Crippen MR) is 140 cm³/mol. The van der Waals surface area contributed by atoms with Gasteiger partial charge in [-0.05, 0) is 74.1 Å². The van der Waals surface area contributed by atoms with Crippen molar-refractivity contribution in [1.82, 2.24) is 19.9 Å². The number of unbranched alkanes of at least 4 members (excludes halogenated alkanes) is 1. The van der Waals surface area contributed by atoms with Crippen LogP contribution < -0.4 is 10.1 Å². The molecule has 0 aliphatic rings. The van der Waals surface area contributed by atoms with Gasteiger partial charge in [0, 0.05) is 12.7 Å².